The van der Waals surface area contributed by atoms with E-state index in [1.54, 1.807) is 0 Å². The van der Waals surface area contributed by atoms with Gasteiger partial charge in [0.2, 0.25) is 0 Å². The monoisotopic (exact) mass is 291 g/mol. The van der Waals surface area contributed by atoms with E-state index in [1.165, 1.54) is 12.1 Å². The summed E-state index contributed by atoms with van der Waals surface area (Å²) in [4.78, 5) is 8.87. The molecule has 1 N–H and O–H groups in total. The number of nitrogens with zero attached hydrogens (tertiary/aromatic N) is 2. The number of aromatic nitrogens is 2. The van der Waals surface area contributed by atoms with Crippen LogP contribution in [-0.2, 0) is 13.0 Å². The van der Waals surface area contributed by atoms with Crippen molar-refractivity contribution in [3.05, 3.63) is 58.2 Å². The predicted octanol–water partition coefficient (Wildman–Crippen LogP) is 3.07. The summed E-state index contributed by atoms with van der Waals surface area (Å²) in [5, 5.41) is 3.25. The Morgan fingerprint density at radius 1 is 1.10 bits per heavy atom. The summed E-state index contributed by atoms with van der Waals surface area (Å²) in [6.07, 6.45) is 0.259. The second-order valence-electron chi connectivity index (χ2n) is 4.98. The zero-order chi connectivity index (χ0) is 15.4. The molecule has 0 atom stereocenters. The lowest BCUT2D eigenvalue weighted by Crippen LogP contribution is -2.16. The molecule has 0 bridgehead atoms. The van der Waals surface area contributed by atoms with Gasteiger partial charge in [0, 0.05) is 36.0 Å². The molecule has 112 valence electrons. The first-order valence-corrected chi connectivity index (χ1v) is 6.99. The summed E-state index contributed by atoms with van der Waals surface area (Å²) in [6.45, 7) is 7.48. The van der Waals surface area contributed by atoms with Crippen molar-refractivity contribution in [3.63, 3.8) is 0 Å². The van der Waals surface area contributed by atoms with Crippen LogP contribution in [0.5, 0.6) is 0 Å². The van der Waals surface area contributed by atoms with Crippen LogP contribution in [0.4, 0.5) is 8.78 Å². The maximum Gasteiger partial charge on any atom is 0.133 e. The third-order valence-electron chi connectivity index (χ3n) is 3.38. The van der Waals surface area contributed by atoms with E-state index in [0.717, 1.165) is 36.1 Å². The Labute approximate surface area is 123 Å². The summed E-state index contributed by atoms with van der Waals surface area (Å²) in [5.74, 6) is -0.591. The van der Waals surface area contributed by atoms with Crippen molar-refractivity contribution in [2.75, 3.05) is 6.54 Å². The van der Waals surface area contributed by atoms with Gasteiger partial charge in [0.15, 0.2) is 0 Å². The van der Waals surface area contributed by atoms with Crippen molar-refractivity contribution in [2.45, 2.75) is 33.7 Å². The van der Waals surface area contributed by atoms with Gasteiger partial charge in [-0.15, -0.1) is 0 Å². The standard InChI is InChI=1S/C16H19F2N3/c1-4-19-9-14-10(2)20-16(21-11(14)3)7-12-5-6-13(17)8-15(12)18/h5-6,8,19H,4,7,9H2,1-3H3. The molecule has 0 amide bonds. The highest BCUT2D eigenvalue weighted by Gasteiger charge is 2.11. The van der Waals surface area contributed by atoms with Crippen LogP contribution in [0.3, 0.4) is 0 Å². The highest BCUT2D eigenvalue weighted by molar-refractivity contribution is 5.27. The van der Waals surface area contributed by atoms with E-state index >= 15 is 0 Å². The van der Waals surface area contributed by atoms with E-state index in [1.807, 2.05) is 20.8 Å². The van der Waals surface area contributed by atoms with Crippen LogP contribution in [-0.4, -0.2) is 16.5 Å². The van der Waals surface area contributed by atoms with Crippen molar-refractivity contribution < 1.29 is 8.78 Å². The second-order valence-corrected chi connectivity index (χ2v) is 4.98. The van der Waals surface area contributed by atoms with E-state index < -0.39 is 11.6 Å². The fourth-order valence-corrected chi connectivity index (χ4v) is 2.23. The van der Waals surface area contributed by atoms with Gasteiger partial charge in [-0.3, -0.25) is 0 Å². The minimum Gasteiger partial charge on any atom is -0.313 e. The lowest BCUT2D eigenvalue weighted by atomic mass is 10.1. The molecule has 0 aliphatic carbocycles. The molecule has 0 aliphatic heterocycles. The molecular formula is C16H19F2N3. The van der Waals surface area contributed by atoms with Crippen LogP contribution < -0.4 is 5.32 Å². The maximum atomic E-state index is 13.7. The summed E-state index contributed by atoms with van der Waals surface area (Å²) < 4.78 is 26.6. The number of rotatable bonds is 5. The van der Waals surface area contributed by atoms with Gasteiger partial charge in [-0.2, -0.15) is 0 Å². The van der Waals surface area contributed by atoms with Crippen LogP contribution >= 0.6 is 0 Å². The first-order valence-electron chi connectivity index (χ1n) is 6.99. The van der Waals surface area contributed by atoms with Crippen molar-refractivity contribution in [1.82, 2.24) is 15.3 Å². The van der Waals surface area contributed by atoms with Gasteiger partial charge in [0.25, 0.3) is 0 Å². The molecule has 2 aromatic rings. The minimum atomic E-state index is -0.578. The minimum absolute atomic E-state index is 0.259. The highest BCUT2D eigenvalue weighted by Crippen LogP contribution is 2.15. The van der Waals surface area contributed by atoms with E-state index in [0.29, 0.717) is 11.4 Å². The van der Waals surface area contributed by atoms with Gasteiger partial charge in [0.1, 0.15) is 17.5 Å². The lowest BCUT2D eigenvalue weighted by Gasteiger charge is -2.11. The number of benzene rings is 1. The van der Waals surface area contributed by atoms with Crippen molar-refractivity contribution in [1.29, 1.82) is 0 Å². The lowest BCUT2D eigenvalue weighted by molar-refractivity contribution is 0.573. The molecule has 0 unspecified atom stereocenters. The zero-order valence-electron chi connectivity index (χ0n) is 12.5. The number of hydrogen-bond donors (Lipinski definition) is 1. The molecule has 2 rings (SSSR count). The fraction of sp³-hybridized carbons (Fsp3) is 0.375. The zero-order valence-corrected chi connectivity index (χ0v) is 12.5. The van der Waals surface area contributed by atoms with Crippen molar-refractivity contribution in [3.8, 4) is 0 Å². The van der Waals surface area contributed by atoms with Crippen LogP contribution in [0.15, 0.2) is 18.2 Å². The third-order valence-corrected chi connectivity index (χ3v) is 3.38. The summed E-state index contributed by atoms with van der Waals surface area (Å²) in [5.41, 5.74) is 3.25. The fourth-order valence-electron chi connectivity index (χ4n) is 2.23. The first kappa shape index (κ1) is 15.5. The van der Waals surface area contributed by atoms with Gasteiger partial charge in [0.05, 0.1) is 0 Å². The molecule has 0 spiro atoms. The van der Waals surface area contributed by atoms with E-state index in [-0.39, 0.29) is 6.42 Å². The molecule has 1 aromatic carbocycles. The molecule has 0 saturated carbocycles. The van der Waals surface area contributed by atoms with Crippen LogP contribution in [0.1, 0.15) is 35.3 Å². The molecular weight excluding hydrogens is 272 g/mol. The van der Waals surface area contributed by atoms with Crippen LogP contribution in [0, 0.1) is 25.5 Å². The topological polar surface area (TPSA) is 37.8 Å². The number of halogens is 2. The van der Waals surface area contributed by atoms with Gasteiger partial charge in [-0.05, 0) is 32.0 Å². The van der Waals surface area contributed by atoms with Crippen molar-refractivity contribution in [2.24, 2.45) is 0 Å². The Balaban J connectivity index is 2.25. The number of aryl methyl sites for hydroxylation is 2. The average Bonchev–Trinajstić information content (AvgIpc) is 2.41. The molecule has 0 fully saturated rings. The second kappa shape index (κ2) is 6.72. The molecule has 0 radical (unpaired) electrons. The number of nitrogens with one attached hydrogen (secondary N) is 1. The Kier molecular flexibility index (Phi) is 4.96. The molecule has 1 aromatic heterocycles. The van der Waals surface area contributed by atoms with Crippen LogP contribution in [0.25, 0.3) is 0 Å². The normalized spacial score (nSPS) is 10.9. The summed E-state index contributed by atoms with van der Waals surface area (Å²) >= 11 is 0. The van der Waals surface area contributed by atoms with Gasteiger partial charge in [-0.25, -0.2) is 18.7 Å². The van der Waals surface area contributed by atoms with Crippen molar-refractivity contribution >= 4 is 0 Å². The quantitative estimate of drug-likeness (QED) is 0.920. The van der Waals surface area contributed by atoms with Gasteiger partial charge < -0.3 is 5.32 Å². The molecule has 1 heterocycles. The average molecular weight is 291 g/mol. The van der Waals surface area contributed by atoms with Gasteiger partial charge >= 0.3 is 0 Å². The summed E-state index contributed by atoms with van der Waals surface area (Å²) in [7, 11) is 0. The molecule has 0 saturated heterocycles. The third kappa shape index (κ3) is 3.82. The Bertz CT molecular complexity index is 618. The van der Waals surface area contributed by atoms with Crippen LogP contribution in [0.2, 0.25) is 0 Å². The Hall–Kier alpha value is -1.88. The van der Waals surface area contributed by atoms with E-state index in [2.05, 4.69) is 15.3 Å². The molecule has 5 heteroatoms. The molecule has 21 heavy (non-hydrogen) atoms. The maximum absolute atomic E-state index is 13.7. The Morgan fingerprint density at radius 2 is 1.76 bits per heavy atom. The number of hydrogen-bond acceptors (Lipinski definition) is 3. The largest absolute Gasteiger partial charge is 0.313 e. The molecule has 0 aliphatic rings. The molecule has 3 nitrogen and oxygen atoms in total. The Morgan fingerprint density at radius 3 is 2.33 bits per heavy atom. The smallest absolute Gasteiger partial charge is 0.133 e. The van der Waals surface area contributed by atoms with Gasteiger partial charge in [-0.1, -0.05) is 13.0 Å². The van der Waals surface area contributed by atoms with E-state index in [9.17, 15) is 8.78 Å². The predicted molar refractivity (Wildman–Crippen MR) is 78.1 cm³/mol. The van der Waals surface area contributed by atoms with E-state index in [4.69, 9.17) is 0 Å². The first-order chi connectivity index (χ1) is 10.0. The highest BCUT2D eigenvalue weighted by atomic mass is 19.1. The summed E-state index contributed by atoms with van der Waals surface area (Å²) in [6, 6.07) is 3.57. The SMILES string of the molecule is CCNCc1c(C)nc(Cc2ccc(F)cc2F)nc1C.